The summed E-state index contributed by atoms with van der Waals surface area (Å²) in [6.45, 7) is 4.83. The van der Waals surface area contributed by atoms with Crippen molar-refractivity contribution in [2.24, 2.45) is 22.5 Å². The lowest BCUT2D eigenvalue weighted by Crippen LogP contribution is -2.63. The second-order valence-corrected chi connectivity index (χ2v) is 8.49. The van der Waals surface area contributed by atoms with E-state index in [0.717, 1.165) is 5.92 Å². The van der Waals surface area contributed by atoms with Gasteiger partial charge in [-0.1, -0.05) is 39.5 Å². The molecule has 0 radical (unpaired) electrons. The standard InChI is InChI=1S/C17H31N/c1-3-4-5-6-7-16-9-14-8-15(2,11-16)12-17(18,10-14)13-16/h14H,3-13,18H2,1-2H3. The van der Waals surface area contributed by atoms with Gasteiger partial charge in [0.05, 0.1) is 0 Å². The normalized spacial score (nSPS) is 49.8. The van der Waals surface area contributed by atoms with Gasteiger partial charge in [0.2, 0.25) is 0 Å². The summed E-state index contributed by atoms with van der Waals surface area (Å²) in [7, 11) is 0. The van der Waals surface area contributed by atoms with E-state index < -0.39 is 0 Å². The minimum Gasteiger partial charge on any atom is -0.325 e. The van der Waals surface area contributed by atoms with Gasteiger partial charge in [0, 0.05) is 5.54 Å². The van der Waals surface area contributed by atoms with Gasteiger partial charge in [0.15, 0.2) is 0 Å². The van der Waals surface area contributed by atoms with Crippen LogP contribution in [0.25, 0.3) is 0 Å². The maximum Gasteiger partial charge on any atom is 0.0167 e. The molecule has 0 heterocycles. The molecule has 4 bridgehead atoms. The molecule has 104 valence electrons. The maximum absolute atomic E-state index is 6.72. The summed E-state index contributed by atoms with van der Waals surface area (Å²) in [6, 6.07) is 0. The summed E-state index contributed by atoms with van der Waals surface area (Å²) in [6.07, 6.45) is 15.6. The van der Waals surface area contributed by atoms with Crippen molar-refractivity contribution in [2.45, 2.75) is 90.0 Å². The molecule has 0 aromatic rings. The zero-order chi connectivity index (χ0) is 12.9. The molecule has 1 heteroatoms. The van der Waals surface area contributed by atoms with Crippen molar-refractivity contribution < 1.29 is 0 Å². The molecule has 0 aliphatic heterocycles. The molecule has 18 heavy (non-hydrogen) atoms. The van der Waals surface area contributed by atoms with Gasteiger partial charge in [-0.25, -0.2) is 0 Å². The van der Waals surface area contributed by atoms with Crippen LogP contribution in [-0.4, -0.2) is 5.54 Å². The minimum atomic E-state index is 0.221. The number of hydrogen-bond donors (Lipinski definition) is 1. The average molecular weight is 249 g/mol. The molecule has 4 aliphatic carbocycles. The summed E-state index contributed by atoms with van der Waals surface area (Å²) in [5.41, 5.74) is 8.19. The van der Waals surface area contributed by atoms with Crippen molar-refractivity contribution in [2.75, 3.05) is 0 Å². The van der Waals surface area contributed by atoms with Crippen LogP contribution in [0.15, 0.2) is 0 Å². The van der Waals surface area contributed by atoms with Crippen LogP contribution in [0.1, 0.15) is 84.5 Å². The maximum atomic E-state index is 6.72. The Kier molecular flexibility index (Phi) is 3.05. The summed E-state index contributed by atoms with van der Waals surface area (Å²) in [4.78, 5) is 0. The zero-order valence-corrected chi connectivity index (χ0v) is 12.4. The third-order valence-corrected chi connectivity index (χ3v) is 6.07. The predicted octanol–water partition coefficient (Wildman–Crippen LogP) is 4.64. The molecule has 4 fully saturated rings. The topological polar surface area (TPSA) is 26.0 Å². The molecular weight excluding hydrogens is 218 g/mol. The van der Waals surface area contributed by atoms with Crippen LogP contribution in [0.2, 0.25) is 0 Å². The third kappa shape index (κ3) is 2.24. The fourth-order valence-corrected chi connectivity index (χ4v) is 6.43. The van der Waals surface area contributed by atoms with Crippen LogP contribution in [0.4, 0.5) is 0 Å². The second kappa shape index (κ2) is 4.23. The molecule has 4 aliphatic rings. The van der Waals surface area contributed by atoms with Crippen molar-refractivity contribution in [1.29, 1.82) is 0 Å². The van der Waals surface area contributed by atoms with Gasteiger partial charge in [-0.05, 0) is 61.7 Å². The molecule has 1 nitrogen and oxygen atoms in total. The highest BCUT2D eigenvalue weighted by Crippen LogP contribution is 2.67. The molecule has 4 saturated carbocycles. The highest BCUT2D eigenvalue weighted by molar-refractivity contribution is 5.14. The fourth-order valence-electron chi connectivity index (χ4n) is 6.43. The SMILES string of the molecule is CCCCCCC12CC3CC(C)(CC(N)(C3)C1)C2. The molecule has 2 N–H and O–H groups in total. The van der Waals surface area contributed by atoms with E-state index in [1.165, 1.54) is 70.6 Å². The Hall–Kier alpha value is -0.0400. The monoisotopic (exact) mass is 249 g/mol. The first kappa shape index (κ1) is 13.0. The van der Waals surface area contributed by atoms with Crippen molar-refractivity contribution in [1.82, 2.24) is 0 Å². The molecule has 0 amide bonds. The van der Waals surface area contributed by atoms with E-state index in [9.17, 15) is 0 Å². The summed E-state index contributed by atoms with van der Waals surface area (Å²) in [5.74, 6) is 0.961. The van der Waals surface area contributed by atoms with Crippen LogP contribution in [0.5, 0.6) is 0 Å². The molecule has 4 unspecified atom stereocenters. The van der Waals surface area contributed by atoms with E-state index in [-0.39, 0.29) is 5.54 Å². The van der Waals surface area contributed by atoms with E-state index in [4.69, 9.17) is 5.73 Å². The number of nitrogens with two attached hydrogens (primary N) is 1. The van der Waals surface area contributed by atoms with Crippen LogP contribution in [-0.2, 0) is 0 Å². The van der Waals surface area contributed by atoms with Crippen molar-refractivity contribution >= 4 is 0 Å². The molecular formula is C17H31N. The summed E-state index contributed by atoms with van der Waals surface area (Å²) >= 11 is 0. The van der Waals surface area contributed by atoms with Crippen molar-refractivity contribution in [3.8, 4) is 0 Å². The first-order valence-corrected chi connectivity index (χ1v) is 8.26. The van der Waals surface area contributed by atoms with Gasteiger partial charge in [0.25, 0.3) is 0 Å². The molecule has 4 atom stereocenters. The fraction of sp³-hybridized carbons (Fsp3) is 1.00. The quantitative estimate of drug-likeness (QED) is 0.705. The first-order chi connectivity index (χ1) is 8.47. The van der Waals surface area contributed by atoms with Crippen LogP contribution in [0, 0.1) is 16.7 Å². The Morgan fingerprint density at radius 2 is 1.83 bits per heavy atom. The summed E-state index contributed by atoms with van der Waals surface area (Å²) in [5, 5.41) is 0. The number of rotatable bonds is 5. The first-order valence-electron chi connectivity index (χ1n) is 8.26. The van der Waals surface area contributed by atoms with Gasteiger partial charge in [-0.2, -0.15) is 0 Å². The molecule has 0 saturated heterocycles. The average Bonchev–Trinajstić information content (AvgIpc) is 2.19. The number of hydrogen-bond acceptors (Lipinski definition) is 1. The molecule has 4 rings (SSSR count). The summed E-state index contributed by atoms with van der Waals surface area (Å²) < 4.78 is 0. The van der Waals surface area contributed by atoms with Crippen molar-refractivity contribution in [3.63, 3.8) is 0 Å². The predicted molar refractivity (Wildman–Crippen MR) is 77.4 cm³/mol. The Bertz CT molecular complexity index is 304. The van der Waals surface area contributed by atoms with Crippen molar-refractivity contribution in [3.05, 3.63) is 0 Å². The lowest BCUT2D eigenvalue weighted by atomic mass is 9.42. The van der Waals surface area contributed by atoms with Gasteiger partial charge < -0.3 is 5.73 Å². The van der Waals surface area contributed by atoms with Gasteiger partial charge in [-0.15, -0.1) is 0 Å². The number of unbranched alkanes of at least 4 members (excludes halogenated alkanes) is 3. The van der Waals surface area contributed by atoms with E-state index >= 15 is 0 Å². The van der Waals surface area contributed by atoms with Crippen LogP contribution >= 0.6 is 0 Å². The highest BCUT2D eigenvalue weighted by Gasteiger charge is 2.59. The molecule has 0 spiro atoms. The lowest BCUT2D eigenvalue weighted by molar-refractivity contribution is -0.117. The van der Waals surface area contributed by atoms with Gasteiger partial charge in [0.1, 0.15) is 0 Å². The Labute approximate surface area is 113 Å². The Morgan fingerprint density at radius 1 is 1.00 bits per heavy atom. The largest absolute Gasteiger partial charge is 0.325 e. The van der Waals surface area contributed by atoms with E-state index in [2.05, 4.69) is 13.8 Å². The van der Waals surface area contributed by atoms with E-state index in [1.807, 2.05) is 0 Å². The molecule has 0 aromatic heterocycles. The minimum absolute atomic E-state index is 0.221. The van der Waals surface area contributed by atoms with Crippen LogP contribution in [0.3, 0.4) is 0 Å². The smallest absolute Gasteiger partial charge is 0.0167 e. The van der Waals surface area contributed by atoms with Crippen LogP contribution < -0.4 is 5.73 Å². The lowest BCUT2D eigenvalue weighted by Gasteiger charge is -2.65. The van der Waals surface area contributed by atoms with Gasteiger partial charge in [-0.3, -0.25) is 0 Å². The highest BCUT2D eigenvalue weighted by atomic mass is 14.8. The zero-order valence-electron chi connectivity index (χ0n) is 12.4. The molecule has 0 aromatic carbocycles. The van der Waals surface area contributed by atoms with E-state index in [1.54, 1.807) is 0 Å². The Balaban J connectivity index is 1.69. The Morgan fingerprint density at radius 3 is 2.50 bits per heavy atom. The second-order valence-electron chi connectivity index (χ2n) is 8.49. The van der Waals surface area contributed by atoms with E-state index in [0.29, 0.717) is 10.8 Å². The third-order valence-electron chi connectivity index (χ3n) is 6.07. The van der Waals surface area contributed by atoms with Gasteiger partial charge >= 0.3 is 0 Å².